The topological polar surface area (TPSA) is 0 Å². The molecule has 8 aromatic carbocycles. The Bertz CT molecular complexity index is 2900. The second-order valence-corrected chi connectivity index (χ2v) is 14.8. The highest BCUT2D eigenvalue weighted by Crippen LogP contribution is 2.34. The molecule has 6 heteroatoms. The molecule has 0 N–H and O–H groups in total. The minimum Gasteiger partial charge on any atom is -0.166 e. The van der Waals surface area contributed by atoms with E-state index in [9.17, 15) is 26.3 Å². The number of hydrogen-bond donors (Lipinski definition) is 0. The molecule has 62 heavy (non-hydrogen) atoms. The lowest BCUT2D eigenvalue weighted by atomic mass is 9.94. The Kier molecular flexibility index (Phi) is 12.0. The minimum atomic E-state index is -4.41. The maximum atomic E-state index is 13.3. The molecule has 0 nitrogen and oxygen atoms in total. The largest absolute Gasteiger partial charge is 0.416 e. The van der Waals surface area contributed by atoms with E-state index in [0.29, 0.717) is 11.1 Å². The van der Waals surface area contributed by atoms with Crippen molar-refractivity contribution in [1.82, 2.24) is 0 Å². The number of alkyl halides is 6. The molecule has 8 aromatic rings. The van der Waals surface area contributed by atoms with E-state index in [1.165, 1.54) is 24.3 Å². The molecule has 0 unspecified atom stereocenters. The SMILES string of the molecule is FC(F)(F)c1ccc(/C(=C\c2ccc(/C=C\c3ccc4ccccc4c3/C=C\c3ccc(/C=C(/c4ccccc4)c4ccc(C(F)(F)F)cc4)cc3)cc2)c2ccccc2)cc1. The number of benzene rings is 8. The normalized spacial score (nSPS) is 12.7. The quantitative estimate of drug-likeness (QED) is 0.0952. The molecule has 0 aliphatic carbocycles. The number of halogens is 6. The van der Waals surface area contributed by atoms with E-state index >= 15 is 0 Å². The summed E-state index contributed by atoms with van der Waals surface area (Å²) in [6, 6.07) is 58.3. The summed E-state index contributed by atoms with van der Waals surface area (Å²) in [7, 11) is 0. The van der Waals surface area contributed by atoms with Crippen LogP contribution in [0.2, 0.25) is 0 Å². The van der Waals surface area contributed by atoms with E-state index < -0.39 is 23.5 Å². The maximum absolute atomic E-state index is 13.3. The van der Waals surface area contributed by atoms with Crippen LogP contribution in [0.25, 0.3) is 58.4 Å². The Morgan fingerprint density at radius 2 is 0.710 bits per heavy atom. The first-order valence-corrected chi connectivity index (χ1v) is 20.0. The summed E-state index contributed by atoms with van der Waals surface area (Å²) in [4.78, 5) is 0. The molecule has 0 aromatic heterocycles. The molecule has 0 atom stereocenters. The van der Waals surface area contributed by atoms with E-state index in [1.54, 1.807) is 0 Å². The molecule has 0 saturated heterocycles. The molecule has 0 heterocycles. The van der Waals surface area contributed by atoms with Crippen molar-refractivity contribution in [3.8, 4) is 0 Å². The van der Waals surface area contributed by atoms with Crippen LogP contribution in [0.15, 0.2) is 194 Å². The van der Waals surface area contributed by atoms with Crippen LogP contribution in [0.4, 0.5) is 26.3 Å². The Balaban J connectivity index is 1.05. The highest BCUT2D eigenvalue weighted by atomic mass is 19.4. The number of rotatable bonds is 10. The van der Waals surface area contributed by atoms with Gasteiger partial charge < -0.3 is 0 Å². The highest BCUT2D eigenvalue weighted by molar-refractivity contribution is 5.98. The fourth-order valence-electron chi connectivity index (χ4n) is 7.33. The van der Waals surface area contributed by atoms with Crippen molar-refractivity contribution in [1.29, 1.82) is 0 Å². The monoisotopic (exact) mass is 824 g/mol. The molecule has 0 aliphatic rings. The lowest BCUT2D eigenvalue weighted by molar-refractivity contribution is -0.138. The number of hydrogen-bond acceptors (Lipinski definition) is 0. The van der Waals surface area contributed by atoms with Crippen LogP contribution in [0.3, 0.4) is 0 Å². The van der Waals surface area contributed by atoms with Gasteiger partial charge in [0.15, 0.2) is 0 Å². The Labute approximate surface area is 356 Å². The van der Waals surface area contributed by atoms with Crippen molar-refractivity contribution in [3.05, 3.63) is 261 Å². The zero-order valence-electron chi connectivity index (χ0n) is 33.2. The average Bonchev–Trinajstić information content (AvgIpc) is 3.29. The van der Waals surface area contributed by atoms with Crippen LogP contribution in [-0.4, -0.2) is 0 Å². The van der Waals surface area contributed by atoms with Gasteiger partial charge in [-0.2, -0.15) is 26.3 Å². The van der Waals surface area contributed by atoms with Crippen LogP contribution in [0.5, 0.6) is 0 Å². The fraction of sp³-hybridized carbons (Fsp3) is 0.0357. The second-order valence-electron chi connectivity index (χ2n) is 14.8. The summed E-state index contributed by atoms with van der Waals surface area (Å²) < 4.78 is 79.9. The van der Waals surface area contributed by atoms with Gasteiger partial charge in [-0.1, -0.05) is 194 Å². The highest BCUT2D eigenvalue weighted by Gasteiger charge is 2.31. The van der Waals surface area contributed by atoms with Crippen LogP contribution in [-0.2, 0) is 12.4 Å². The van der Waals surface area contributed by atoms with Crippen molar-refractivity contribution in [2.75, 3.05) is 0 Å². The molecule has 0 fully saturated rings. The van der Waals surface area contributed by atoms with Crippen LogP contribution >= 0.6 is 0 Å². The van der Waals surface area contributed by atoms with Gasteiger partial charge in [0.05, 0.1) is 11.1 Å². The van der Waals surface area contributed by atoms with Crippen molar-refractivity contribution in [2.24, 2.45) is 0 Å². The van der Waals surface area contributed by atoms with Crippen molar-refractivity contribution >= 4 is 58.4 Å². The van der Waals surface area contributed by atoms with Crippen LogP contribution < -0.4 is 0 Å². The van der Waals surface area contributed by atoms with Gasteiger partial charge in [-0.15, -0.1) is 0 Å². The first kappa shape index (κ1) is 41.3. The maximum Gasteiger partial charge on any atom is 0.416 e. The van der Waals surface area contributed by atoms with E-state index in [0.717, 1.165) is 90.7 Å². The van der Waals surface area contributed by atoms with Gasteiger partial charge >= 0.3 is 12.4 Å². The van der Waals surface area contributed by atoms with Gasteiger partial charge in [-0.3, -0.25) is 0 Å². The van der Waals surface area contributed by atoms with E-state index in [1.807, 2.05) is 133 Å². The smallest absolute Gasteiger partial charge is 0.166 e. The predicted molar refractivity (Wildman–Crippen MR) is 244 cm³/mol. The van der Waals surface area contributed by atoms with Crippen molar-refractivity contribution < 1.29 is 26.3 Å². The third-order valence-electron chi connectivity index (χ3n) is 10.6. The lowest BCUT2D eigenvalue weighted by Crippen LogP contribution is -2.04. The van der Waals surface area contributed by atoms with Gasteiger partial charge in [-0.25, -0.2) is 0 Å². The van der Waals surface area contributed by atoms with E-state index in [-0.39, 0.29) is 0 Å². The van der Waals surface area contributed by atoms with Gasteiger partial charge in [-0.05, 0) is 114 Å². The summed E-state index contributed by atoms with van der Waals surface area (Å²) in [6.07, 6.45) is 3.50. The Hall–Kier alpha value is -7.44. The Morgan fingerprint density at radius 3 is 1.16 bits per heavy atom. The van der Waals surface area contributed by atoms with Crippen LogP contribution in [0.1, 0.15) is 66.8 Å². The number of fused-ring (bicyclic) bond motifs is 1. The second kappa shape index (κ2) is 18.0. The molecule has 0 bridgehead atoms. The fourth-order valence-corrected chi connectivity index (χ4v) is 7.33. The Morgan fingerprint density at radius 1 is 0.323 bits per heavy atom. The third kappa shape index (κ3) is 9.94. The molecule has 0 spiro atoms. The molecule has 0 saturated carbocycles. The zero-order chi connectivity index (χ0) is 43.1. The summed E-state index contributed by atoms with van der Waals surface area (Å²) in [5.74, 6) is 0. The summed E-state index contributed by atoms with van der Waals surface area (Å²) in [6.45, 7) is 0. The molecule has 0 radical (unpaired) electrons. The van der Waals surface area contributed by atoms with Gasteiger partial charge in [0, 0.05) is 0 Å². The average molecular weight is 825 g/mol. The summed E-state index contributed by atoms with van der Waals surface area (Å²) in [5, 5.41) is 2.21. The van der Waals surface area contributed by atoms with E-state index in [2.05, 4.69) is 48.6 Å². The zero-order valence-corrected chi connectivity index (χ0v) is 33.2. The van der Waals surface area contributed by atoms with Gasteiger partial charge in [0.1, 0.15) is 0 Å². The lowest BCUT2D eigenvalue weighted by Gasteiger charge is -2.12. The molecular weight excluding hydrogens is 787 g/mol. The van der Waals surface area contributed by atoms with Gasteiger partial charge in [0.25, 0.3) is 0 Å². The first-order valence-electron chi connectivity index (χ1n) is 20.0. The predicted octanol–water partition coefficient (Wildman–Crippen LogP) is 16.4. The first-order chi connectivity index (χ1) is 30.0. The molecule has 0 amide bonds. The van der Waals surface area contributed by atoms with E-state index in [4.69, 9.17) is 0 Å². The van der Waals surface area contributed by atoms with Crippen molar-refractivity contribution in [3.63, 3.8) is 0 Å². The third-order valence-corrected chi connectivity index (χ3v) is 10.6. The minimum absolute atomic E-state index is 0.686. The van der Waals surface area contributed by atoms with Crippen LogP contribution in [0, 0.1) is 0 Å². The molecular formula is C56H38F6. The standard InChI is InChI=1S/C56H38F6/c57-55(58,59)49-32-28-47(29-33-49)53(43-9-3-1-4-10-43)37-41-19-15-39(16-20-41)23-25-46-27-26-45-13-7-8-14-51(45)52(46)36-24-40-17-21-42(22-18-40)38-54(44-11-5-2-6-12-44)48-30-34-50(35-31-48)56(60,61)62/h1-38H/b25-23-,36-24-,53-37-,54-38-. The van der Waals surface area contributed by atoms with Crippen molar-refractivity contribution in [2.45, 2.75) is 12.4 Å². The molecule has 8 rings (SSSR count). The summed E-state index contributed by atoms with van der Waals surface area (Å²) >= 11 is 0. The molecule has 304 valence electrons. The summed E-state index contributed by atoms with van der Waals surface area (Å²) in [5.41, 5.74) is 9.30. The molecule has 0 aliphatic heterocycles. The van der Waals surface area contributed by atoms with Gasteiger partial charge in [0.2, 0.25) is 0 Å².